The number of thiophene rings is 1. The molecule has 0 saturated carbocycles. The summed E-state index contributed by atoms with van der Waals surface area (Å²) in [5.74, 6) is 0. The third-order valence-electron chi connectivity index (χ3n) is 2.53. The lowest BCUT2D eigenvalue weighted by molar-refractivity contribution is 1.29. The fourth-order valence-corrected chi connectivity index (χ4v) is 2.31. The Bertz CT molecular complexity index is 647. The molecule has 0 spiro atoms. The van der Waals surface area contributed by atoms with Gasteiger partial charge in [-0.3, -0.25) is 0 Å². The maximum Gasteiger partial charge on any atom is 0.119 e. The Labute approximate surface area is 103 Å². The van der Waals surface area contributed by atoms with Crippen molar-refractivity contribution < 1.29 is 0 Å². The first-order valence-electron chi connectivity index (χ1n) is 5.28. The van der Waals surface area contributed by atoms with Crippen molar-refractivity contribution in [2.24, 2.45) is 0 Å². The number of nitrogens with zero attached hydrogens (tertiary/aromatic N) is 2. The second-order valence-corrected chi connectivity index (χ2v) is 4.56. The second kappa shape index (κ2) is 4.14. The Morgan fingerprint density at radius 2 is 2.18 bits per heavy atom. The summed E-state index contributed by atoms with van der Waals surface area (Å²) in [6.07, 6.45) is 2.98. The Morgan fingerprint density at radius 3 is 2.94 bits per heavy atom. The van der Waals surface area contributed by atoms with Gasteiger partial charge in [0, 0.05) is 12.7 Å². The molecule has 0 unspecified atom stereocenters. The summed E-state index contributed by atoms with van der Waals surface area (Å²) in [4.78, 5) is 9.97. The van der Waals surface area contributed by atoms with Crippen molar-refractivity contribution in [3.05, 3.63) is 41.9 Å². The highest BCUT2D eigenvalue weighted by atomic mass is 32.1. The summed E-state index contributed by atoms with van der Waals surface area (Å²) in [7, 11) is 1.89. The van der Waals surface area contributed by atoms with E-state index in [0.29, 0.717) is 0 Å². The van der Waals surface area contributed by atoms with Gasteiger partial charge in [0.1, 0.15) is 11.9 Å². The zero-order valence-corrected chi connectivity index (χ0v) is 10.1. The Hall–Kier alpha value is -1.94. The maximum absolute atomic E-state index is 4.58. The molecule has 0 aliphatic heterocycles. The van der Waals surface area contributed by atoms with Crippen LogP contribution in [0, 0.1) is 6.20 Å². The molecule has 3 aromatic rings. The largest absolute Gasteiger partial charge is 0.388 e. The van der Waals surface area contributed by atoms with Gasteiger partial charge in [0.2, 0.25) is 0 Å². The minimum Gasteiger partial charge on any atom is -0.388 e. The number of hydrogen-bond acceptors (Lipinski definition) is 4. The first-order valence-corrected chi connectivity index (χ1v) is 6.16. The van der Waals surface area contributed by atoms with Crippen LogP contribution < -0.4 is 5.32 Å². The first-order chi connectivity index (χ1) is 8.36. The third kappa shape index (κ3) is 1.87. The zero-order valence-electron chi connectivity index (χ0n) is 9.27. The minimum atomic E-state index is 0.806. The monoisotopic (exact) mass is 240 g/mol. The van der Waals surface area contributed by atoms with Gasteiger partial charge in [0.15, 0.2) is 0 Å². The number of benzene rings is 1. The first kappa shape index (κ1) is 10.2. The molecule has 83 valence electrons. The van der Waals surface area contributed by atoms with E-state index in [1.807, 2.05) is 42.8 Å². The highest BCUT2D eigenvalue weighted by Crippen LogP contribution is 2.24. The van der Waals surface area contributed by atoms with Crippen molar-refractivity contribution in [3.63, 3.8) is 0 Å². The van der Waals surface area contributed by atoms with Crippen LogP contribution in [0.2, 0.25) is 0 Å². The topological polar surface area (TPSA) is 37.8 Å². The molecule has 3 nitrogen and oxygen atoms in total. The molecule has 2 heterocycles. The molecule has 0 aliphatic rings. The van der Waals surface area contributed by atoms with Gasteiger partial charge in [-0.15, -0.1) is 11.3 Å². The molecule has 1 radical (unpaired) electrons. The van der Waals surface area contributed by atoms with Gasteiger partial charge in [-0.1, -0.05) is 6.07 Å². The molecular weight excluding hydrogens is 230 g/mol. The van der Waals surface area contributed by atoms with Crippen LogP contribution >= 0.6 is 11.3 Å². The maximum atomic E-state index is 4.58. The van der Waals surface area contributed by atoms with E-state index >= 15 is 0 Å². The standard InChI is InChI=1S/C13H10N3S/c1-14-9-4-5-10-11(7-9)16-12(8-15-10)13-3-2-6-17-13/h2-7,14H,1H3. The van der Waals surface area contributed by atoms with Crippen LogP contribution in [0.1, 0.15) is 0 Å². The third-order valence-corrected chi connectivity index (χ3v) is 3.41. The quantitative estimate of drug-likeness (QED) is 0.747. The van der Waals surface area contributed by atoms with Gasteiger partial charge < -0.3 is 5.32 Å². The van der Waals surface area contributed by atoms with Gasteiger partial charge in [-0.05, 0) is 29.6 Å². The smallest absolute Gasteiger partial charge is 0.119 e. The summed E-state index contributed by atoms with van der Waals surface area (Å²) in [5, 5.41) is 5.12. The van der Waals surface area contributed by atoms with Crippen LogP contribution in [0.25, 0.3) is 21.6 Å². The van der Waals surface area contributed by atoms with Crippen molar-refractivity contribution in [1.29, 1.82) is 0 Å². The summed E-state index contributed by atoms with van der Waals surface area (Å²) in [5.41, 5.74) is 3.60. The molecule has 3 rings (SSSR count). The van der Waals surface area contributed by atoms with Crippen LogP contribution in [-0.2, 0) is 0 Å². The van der Waals surface area contributed by atoms with E-state index in [0.717, 1.165) is 27.3 Å². The molecule has 0 fully saturated rings. The van der Waals surface area contributed by atoms with Crippen LogP contribution in [0.4, 0.5) is 5.69 Å². The van der Waals surface area contributed by atoms with Gasteiger partial charge in [0.05, 0.1) is 15.9 Å². The molecule has 1 aromatic carbocycles. The minimum absolute atomic E-state index is 0.806. The molecular formula is C13H10N3S. The molecule has 0 aliphatic carbocycles. The van der Waals surface area contributed by atoms with Crippen molar-refractivity contribution >= 4 is 28.1 Å². The van der Waals surface area contributed by atoms with E-state index in [1.54, 1.807) is 11.3 Å². The Balaban J connectivity index is 2.17. The predicted octanol–water partition coefficient (Wildman–Crippen LogP) is 3.20. The molecule has 2 aromatic heterocycles. The lowest BCUT2D eigenvalue weighted by atomic mass is 10.2. The van der Waals surface area contributed by atoms with E-state index in [1.165, 1.54) is 0 Å². The Morgan fingerprint density at radius 1 is 1.24 bits per heavy atom. The zero-order chi connectivity index (χ0) is 11.7. The lowest BCUT2D eigenvalue weighted by Crippen LogP contribution is -1.91. The van der Waals surface area contributed by atoms with Crippen molar-refractivity contribution in [1.82, 2.24) is 9.97 Å². The molecule has 0 atom stereocenters. The molecule has 0 amide bonds. The van der Waals surface area contributed by atoms with Crippen molar-refractivity contribution in [3.8, 4) is 10.6 Å². The van der Waals surface area contributed by atoms with Gasteiger partial charge in [0.25, 0.3) is 0 Å². The number of anilines is 1. The summed E-state index contributed by atoms with van der Waals surface area (Å²) >= 11 is 1.65. The summed E-state index contributed by atoms with van der Waals surface area (Å²) < 4.78 is 0. The highest BCUT2D eigenvalue weighted by Gasteiger charge is 2.04. The Kier molecular flexibility index (Phi) is 2.49. The average Bonchev–Trinajstić information content (AvgIpc) is 2.91. The fourth-order valence-electron chi connectivity index (χ4n) is 1.65. The fraction of sp³-hybridized carbons (Fsp3) is 0.0769. The second-order valence-electron chi connectivity index (χ2n) is 3.61. The average molecular weight is 240 g/mol. The van der Waals surface area contributed by atoms with Crippen LogP contribution in [-0.4, -0.2) is 17.0 Å². The van der Waals surface area contributed by atoms with Gasteiger partial charge >= 0.3 is 0 Å². The summed E-state index contributed by atoms with van der Waals surface area (Å²) in [6, 6.07) is 9.95. The van der Waals surface area contributed by atoms with E-state index in [2.05, 4.69) is 21.5 Å². The molecule has 0 saturated heterocycles. The normalized spacial score (nSPS) is 10.6. The number of aromatic nitrogens is 2. The van der Waals surface area contributed by atoms with E-state index in [4.69, 9.17) is 0 Å². The van der Waals surface area contributed by atoms with Crippen LogP contribution in [0.3, 0.4) is 0 Å². The summed E-state index contributed by atoms with van der Waals surface area (Å²) in [6.45, 7) is 0. The number of nitrogens with one attached hydrogen (secondary N) is 1. The number of rotatable bonds is 2. The SMILES string of the molecule is CNc1ccc2n[c]c(-c3cccs3)nc2c1. The molecule has 0 bridgehead atoms. The van der Waals surface area contributed by atoms with Gasteiger partial charge in [-0.25, -0.2) is 9.97 Å². The van der Waals surface area contributed by atoms with Gasteiger partial charge in [-0.2, -0.15) is 0 Å². The van der Waals surface area contributed by atoms with E-state index in [-0.39, 0.29) is 0 Å². The highest BCUT2D eigenvalue weighted by molar-refractivity contribution is 7.13. The molecule has 1 N–H and O–H groups in total. The predicted molar refractivity (Wildman–Crippen MR) is 71.2 cm³/mol. The molecule has 17 heavy (non-hydrogen) atoms. The van der Waals surface area contributed by atoms with E-state index in [9.17, 15) is 0 Å². The number of fused-ring (bicyclic) bond motifs is 1. The van der Waals surface area contributed by atoms with Crippen LogP contribution in [0.5, 0.6) is 0 Å². The van der Waals surface area contributed by atoms with Crippen LogP contribution in [0.15, 0.2) is 35.7 Å². The van der Waals surface area contributed by atoms with E-state index < -0.39 is 0 Å². The molecule has 4 heteroatoms. The number of hydrogen-bond donors (Lipinski definition) is 1. The van der Waals surface area contributed by atoms with Crippen molar-refractivity contribution in [2.75, 3.05) is 12.4 Å². The lowest BCUT2D eigenvalue weighted by Gasteiger charge is -2.02. The van der Waals surface area contributed by atoms with Crippen molar-refractivity contribution in [2.45, 2.75) is 0 Å².